The van der Waals surface area contributed by atoms with Gasteiger partial charge in [-0.2, -0.15) is 26.3 Å². The molecular weight excluding hydrogens is 519 g/mol. The summed E-state index contributed by atoms with van der Waals surface area (Å²) in [5, 5.41) is 4.01. The topological polar surface area (TPSA) is 35.6 Å². The number of rotatable bonds is 4. The van der Waals surface area contributed by atoms with Crippen LogP contribution in [0.3, 0.4) is 0 Å². The third-order valence-electron chi connectivity index (χ3n) is 6.01. The number of carbonyl (C=O) groups is 1. The Kier molecular flexibility index (Phi) is 8.18. The number of piperidine rings is 1. The van der Waals surface area contributed by atoms with Gasteiger partial charge >= 0.3 is 18.4 Å². The first kappa shape index (κ1) is 27.4. The Labute approximate surface area is 208 Å². The first-order valence-electron chi connectivity index (χ1n) is 10.6. The third-order valence-corrected chi connectivity index (χ3v) is 6.75. The fraction of sp³-hybridized carbons (Fsp3) is 0.435. The molecule has 4 nitrogen and oxygen atoms in total. The first-order valence-corrected chi connectivity index (χ1v) is 11.4. The van der Waals surface area contributed by atoms with E-state index in [4.69, 9.17) is 23.2 Å². The van der Waals surface area contributed by atoms with Gasteiger partial charge in [-0.05, 0) is 54.4 Å². The number of hydrogen-bond acceptors (Lipinski definition) is 2. The van der Waals surface area contributed by atoms with Crippen LogP contribution in [0.25, 0.3) is 0 Å². The minimum atomic E-state index is -4.96. The minimum absolute atomic E-state index is 0.0638. The molecule has 0 aromatic heterocycles. The lowest BCUT2D eigenvalue weighted by Crippen LogP contribution is -2.51. The van der Waals surface area contributed by atoms with E-state index in [1.54, 1.807) is 19.2 Å². The Morgan fingerprint density at radius 1 is 0.971 bits per heavy atom. The van der Waals surface area contributed by atoms with Crippen LogP contribution in [0.15, 0.2) is 36.4 Å². The van der Waals surface area contributed by atoms with E-state index in [0.29, 0.717) is 41.7 Å². The van der Waals surface area contributed by atoms with Gasteiger partial charge in [-0.25, -0.2) is 4.79 Å². The summed E-state index contributed by atoms with van der Waals surface area (Å²) in [7, 11) is 2.90. The monoisotopic (exact) mass is 541 g/mol. The summed E-state index contributed by atoms with van der Waals surface area (Å²) in [5.41, 5.74) is -2.27. The van der Waals surface area contributed by atoms with Crippen molar-refractivity contribution in [1.82, 2.24) is 15.1 Å². The summed E-state index contributed by atoms with van der Waals surface area (Å²) >= 11 is 12.2. The highest BCUT2D eigenvalue weighted by Crippen LogP contribution is 2.37. The molecule has 12 heteroatoms. The van der Waals surface area contributed by atoms with E-state index in [1.165, 1.54) is 11.9 Å². The largest absolute Gasteiger partial charge is 0.416 e. The average molecular weight is 542 g/mol. The number of nitrogens with one attached hydrogen (secondary N) is 1. The molecule has 35 heavy (non-hydrogen) atoms. The normalized spacial score (nSPS) is 18.9. The number of amides is 2. The number of likely N-dealkylation sites (N-methyl/N-ethyl adjacent to an activating group) is 1. The van der Waals surface area contributed by atoms with E-state index in [-0.39, 0.29) is 23.6 Å². The summed E-state index contributed by atoms with van der Waals surface area (Å²) in [6.45, 7) is 0.748. The molecule has 192 valence electrons. The second-order valence-electron chi connectivity index (χ2n) is 8.50. The quantitative estimate of drug-likeness (QED) is 0.439. The molecule has 1 heterocycles. The van der Waals surface area contributed by atoms with Crippen molar-refractivity contribution in [2.24, 2.45) is 0 Å². The van der Waals surface area contributed by atoms with Crippen LogP contribution in [0.2, 0.25) is 10.0 Å². The van der Waals surface area contributed by atoms with Crippen molar-refractivity contribution in [2.45, 2.75) is 37.3 Å². The van der Waals surface area contributed by atoms with Gasteiger partial charge < -0.3 is 15.1 Å². The molecule has 0 bridgehead atoms. The zero-order chi connectivity index (χ0) is 26.1. The highest BCUT2D eigenvalue weighted by molar-refractivity contribution is 6.42. The molecular formula is C23H23Cl2F6N3O. The van der Waals surface area contributed by atoms with Crippen molar-refractivity contribution in [1.29, 1.82) is 0 Å². The van der Waals surface area contributed by atoms with Crippen LogP contribution in [-0.4, -0.2) is 49.1 Å². The lowest BCUT2D eigenvalue weighted by atomic mass is 9.86. The highest BCUT2D eigenvalue weighted by Gasteiger charge is 2.37. The van der Waals surface area contributed by atoms with Gasteiger partial charge in [-0.3, -0.25) is 0 Å². The number of carbonyl (C=O) groups excluding carboxylic acids is 1. The molecule has 1 aliphatic rings. The Morgan fingerprint density at radius 3 is 2.11 bits per heavy atom. The predicted molar refractivity (Wildman–Crippen MR) is 122 cm³/mol. The molecule has 1 fully saturated rings. The van der Waals surface area contributed by atoms with Crippen LogP contribution in [0.5, 0.6) is 0 Å². The molecule has 2 atom stereocenters. The molecule has 0 radical (unpaired) electrons. The zero-order valence-electron chi connectivity index (χ0n) is 18.8. The van der Waals surface area contributed by atoms with Gasteiger partial charge in [0, 0.05) is 39.1 Å². The Bertz CT molecular complexity index is 1040. The molecule has 2 aromatic carbocycles. The fourth-order valence-corrected chi connectivity index (χ4v) is 4.56. The van der Waals surface area contributed by atoms with Crippen LogP contribution in [0.4, 0.5) is 31.1 Å². The molecule has 0 saturated carbocycles. The van der Waals surface area contributed by atoms with Crippen molar-refractivity contribution < 1.29 is 31.1 Å². The van der Waals surface area contributed by atoms with Crippen molar-refractivity contribution >= 4 is 29.2 Å². The van der Waals surface area contributed by atoms with Crippen molar-refractivity contribution in [2.75, 3.05) is 27.2 Å². The highest BCUT2D eigenvalue weighted by atomic mass is 35.5. The molecule has 0 spiro atoms. The van der Waals surface area contributed by atoms with Crippen LogP contribution in [0.1, 0.15) is 34.6 Å². The summed E-state index contributed by atoms with van der Waals surface area (Å²) in [5.74, 6) is -0.147. The van der Waals surface area contributed by atoms with Crippen molar-refractivity contribution in [3.63, 3.8) is 0 Å². The minimum Gasteiger partial charge on any atom is -0.324 e. The van der Waals surface area contributed by atoms with Gasteiger partial charge in [0.15, 0.2) is 0 Å². The van der Waals surface area contributed by atoms with Gasteiger partial charge in [0.05, 0.1) is 21.2 Å². The smallest absolute Gasteiger partial charge is 0.324 e. The van der Waals surface area contributed by atoms with E-state index >= 15 is 0 Å². The number of hydrogen-bond donors (Lipinski definition) is 1. The van der Waals surface area contributed by atoms with Crippen LogP contribution in [0, 0.1) is 0 Å². The summed E-state index contributed by atoms with van der Waals surface area (Å²) in [6, 6.07) is 5.69. The van der Waals surface area contributed by atoms with Crippen molar-refractivity contribution in [3.05, 3.63) is 68.7 Å². The Morgan fingerprint density at radius 2 is 1.57 bits per heavy atom. The number of benzene rings is 2. The number of halogens is 8. The molecule has 1 saturated heterocycles. The van der Waals surface area contributed by atoms with Gasteiger partial charge in [0.2, 0.25) is 0 Å². The van der Waals surface area contributed by atoms with Gasteiger partial charge in [0.1, 0.15) is 0 Å². The van der Waals surface area contributed by atoms with Gasteiger partial charge in [-0.15, -0.1) is 0 Å². The van der Waals surface area contributed by atoms with E-state index in [9.17, 15) is 31.1 Å². The predicted octanol–water partition coefficient (Wildman–Crippen LogP) is 6.66. The second kappa shape index (κ2) is 10.4. The molecule has 0 aliphatic carbocycles. The second-order valence-corrected chi connectivity index (χ2v) is 9.32. The van der Waals surface area contributed by atoms with Crippen LogP contribution >= 0.6 is 23.2 Å². The average Bonchev–Trinajstić information content (AvgIpc) is 2.78. The summed E-state index contributed by atoms with van der Waals surface area (Å²) < 4.78 is 79.1. The summed E-state index contributed by atoms with van der Waals surface area (Å²) in [4.78, 5) is 15.7. The molecule has 0 unspecified atom stereocenters. The van der Waals surface area contributed by atoms with Gasteiger partial charge in [0.25, 0.3) is 0 Å². The summed E-state index contributed by atoms with van der Waals surface area (Å²) in [6.07, 6.45) is -9.34. The molecule has 3 rings (SSSR count). The molecule has 2 amide bonds. The first-order chi connectivity index (χ1) is 16.2. The third kappa shape index (κ3) is 6.54. The Hall–Kier alpha value is -2.17. The van der Waals surface area contributed by atoms with E-state index in [2.05, 4.69) is 5.32 Å². The van der Waals surface area contributed by atoms with E-state index < -0.39 is 36.1 Å². The van der Waals surface area contributed by atoms with E-state index in [1.807, 2.05) is 6.07 Å². The number of urea groups is 1. The standard InChI is InChI=1S/C23H23Cl2F6N3O/c1-33(12-13-7-15(22(26,27)28)10-16(8-13)23(29,30)31)21(35)34(2)20-5-6-32-11-17(20)14-3-4-18(24)19(25)9-14/h3-4,7-10,17,20,32H,5-6,11-12H2,1-2H3/t17-,20+/m0/s1. The molecule has 2 aromatic rings. The van der Waals surface area contributed by atoms with Gasteiger partial charge in [-0.1, -0.05) is 29.3 Å². The van der Waals surface area contributed by atoms with Crippen molar-refractivity contribution in [3.8, 4) is 0 Å². The van der Waals surface area contributed by atoms with E-state index in [0.717, 1.165) is 10.5 Å². The number of nitrogens with zero attached hydrogens (tertiary/aromatic N) is 2. The maximum atomic E-state index is 13.2. The zero-order valence-corrected chi connectivity index (χ0v) is 20.3. The SMILES string of the molecule is CN(Cc1cc(C(F)(F)F)cc(C(F)(F)F)c1)C(=O)N(C)[C@@H]1CCNC[C@H]1c1ccc(Cl)c(Cl)c1. The lowest BCUT2D eigenvalue weighted by Gasteiger charge is -2.40. The lowest BCUT2D eigenvalue weighted by molar-refractivity contribution is -0.143. The Balaban J connectivity index is 1.82. The maximum Gasteiger partial charge on any atom is 0.416 e. The fourth-order valence-electron chi connectivity index (χ4n) is 4.25. The molecule has 1 N–H and O–H groups in total. The maximum absolute atomic E-state index is 13.2. The van der Waals surface area contributed by atoms with Crippen LogP contribution < -0.4 is 5.32 Å². The number of alkyl halides is 6. The van der Waals surface area contributed by atoms with Crippen LogP contribution in [-0.2, 0) is 18.9 Å². The molecule has 1 aliphatic heterocycles.